The van der Waals surface area contributed by atoms with Crippen LogP contribution in [-0.2, 0) is 10.8 Å². The number of nitrogens with two attached hydrogens (primary N) is 1. The third kappa shape index (κ3) is 3.65. The van der Waals surface area contributed by atoms with Crippen LogP contribution < -0.4 is 11.1 Å². The molecule has 0 aliphatic heterocycles. The topological polar surface area (TPSA) is 93.8 Å². The largest absolute Gasteiger partial charge is 0.368 e. The fourth-order valence-corrected chi connectivity index (χ4v) is 1.78. The summed E-state index contributed by atoms with van der Waals surface area (Å²) >= 11 is 0. The Kier molecular flexibility index (Phi) is 3.75. The van der Waals surface area contributed by atoms with Crippen LogP contribution in [0.1, 0.15) is 6.92 Å². The van der Waals surface area contributed by atoms with E-state index in [0.29, 0.717) is 11.7 Å². The van der Waals surface area contributed by atoms with Crippen LogP contribution in [0.25, 0.3) is 0 Å². The van der Waals surface area contributed by atoms with Crippen LogP contribution in [0.15, 0.2) is 6.33 Å². The van der Waals surface area contributed by atoms with Gasteiger partial charge in [0.2, 0.25) is 11.9 Å². The minimum Gasteiger partial charge on any atom is -0.368 e. The van der Waals surface area contributed by atoms with E-state index < -0.39 is 10.8 Å². The SMILES string of the molecule is CC(CS(C)=O)Nc1ncnc(N)n1. The first-order valence-electron chi connectivity index (χ1n) is 4.09. The summed E-state index contributed by atoms with van der Waals surface area (Å²) in [5.41, 5.74) is 5.37. The van der Waals surface area contributed by atoms with Gasteiger partial charge in [-0.15, -0.1) is 0 Å². The van der Waals surface area contributed by atoms with Crippen LogP contribution in [-0.4, -0.2) is 37.2 Å². The molecule has 0 radical (unpaired) electrons. The molecule has 0 saturated heterocycles. The lowest BCUT2D eigenvalue weighted by molar-refractivity contribution is 0.682. The summed E-state index contributed by atoms with van der Waals surface area (Å²) in [7, 11) is -0.840. The third-order valence-corrected chi connectivity index (χ3v) is 2.42. The highest BCUT2D eigenvalue weighted by Gasteiger charge is 2.05. The number of hydrogen-bond donors (Lipinski definition) is 2. The molecule has 6 nitrogen and oxygen atoms in total. The van der Waals surface area contributed by atoms with E-state index in [1.807, 2.05) is 6.92 Å². The van der Waals surface area contributed by atoms with Gasteiger partial charge in [-0.1, -0.05) is 0 Å². The maximum Gasteiger partial charge on any atom is 0.227 e. The number of anilines is 2. The first-order valence-corrected chi connectivity index (χ1v) is 5.81. The van der Waals surface area contributed by atoms with Crippen molar-refractivity contribution in [1.29, 1.82) is 0 Å². The minimum absolute atomic E-state index is 0.0441. The molecular weight excluding hydrogens is 202 g/mol. The fourth-order valence-electron chi connectivity index (χ4n) is 0.993. The zero-order valence-electron chi connectivity index (χ0n) is 8.10. The first-order chi connectivity index (χ1) is 6.58. The van der Waals surface area contributed by atoms with E-state index in [2.05, 4.69) is 20.3 Å². The van der Waals surface area contributed by atoms with Crippen molar-refractivity contribution in [3.63, 3.8) is 0 Å². The molecular formula is C7H13N5OS. The molecule has 2 atom stereocenters. The average Bonchev–Trinajstić information content (AvgIpc) is 2.01. The Morgan fingerprint density at radius 3 is 2.93 bits per heavy atom. The van der Waals surface area contributed by atoms with Crippen molar-refractivity contribution >= 4 is 22.7 Å². The van der Waals surface area contributed by atoms with Crippen molar-refractivity contribution in [3.8, 4) is 0 Å². The van der Waals surface area contributed by atoms with Crippen molar-refractivity contribution in [2.24, 2.45) is 0 Å². The van der Waals surface area contributed by atoms with Gasteiger partial charge >= 0.3 is 0 Å². The van der Waals surface area contributed by atoms with Crippen LogP contribution >= 0.6 is 0 Å². The molecule has 78 valence electrons. The van der Waals surface area contributed by atoms with Gasteiger partial charge in [0.15, 0.2) is 0 Å². The highest BCUT2D eigenvalue weighted by molar-refractivity contribution is 7.84. The van der Waals surface area contributed by atoms with Crippen molar-refractivity contribution in [1.82, 2.24) is 15.0 Å². The Morgan fingerprint density at radius 1 is 1.64 bits per heavy atom. The van der Waals surface area contributed by atoms with Crippen LogP contribution in [0, 0.1) is 0 Å². The molecule has 3 N–H and O–H groups in total. The standard InChI is InChI=1S/C7H13N5OS/c1-5(3-14(2)13)11-7-10-4-9-6(8)12-7/h4-5H,3H2,1-2H3,(H3,8,9,10,11,12). The number of nitrogens with zero attached hydrogens (tertiary/aromatic N) is 3. The average molecular weight is 215 g/mol. The molecule has 0 aliphatic carbocycles. The van der Waals surface area contributed by atoms with Crippen molar-refractivity contribution in [2.45, 2.75) is 13.0 Å². The second-order valence-corrected chi connectivity index (χ2v) is 4.43. The second kappa shape index (κ2) is 4.85. The van der Waals surface area contributed by atoms with E-state index in [1.54, 1.807) is 6.26 Å². The second-order valence-electron chi connectivity index (χ2n) is 2.95. The molecule has 2 unspecified atom stereocenters. The lowest BCUT2D eigenvalue weighted by atomic mass is 10.4. The van der Waals surface area contributed by atoms with Crippen molar-refractivity contribution in [3.05, 3.63) is 6.33 Å². The Balaban J connectivity index is 2.55. The fraction of sp³-hybridized carbons (Fsp3) is 0.571. The molecule has 0 bridgehead atoms. The summed E-state index contributed by atoms with van der Waals surface area (Å²) in [6, 6.07) is 0.0441. The van der Waals surface area contributed by atoms with Gasteiger partial charge in [0.05, 0.1) is 0 Å². The molecule has 1 aromatic rings. The van der Waals surface area contributed by atoms with E-state index in [4.69, 9.17) is 5.73 Å². The van der Waals surface area contributed by atoms with E-state index in [-0.39, 0.29) is 12.0 Å². The minimum atomic E-state index is -0.840. The van der Waals surface area contributed by atoms with Crippen LogP contribution in [0.2, 0.25) is 0 Å². The molecule has 1 rings (SSSR count). The smallest absolute Gasteiger partial charge is 0.227 e. The van der Waals surface area contributed by atoms with Crippen molar-refractivity contribution in [2.75, 3.05) is 23.1 Å². The molecule has 0 aromatic carbocycles. The lowest BCUT2D eigenvalue weighted by Crippen LogP contribution is -2.23. The lowest BCUT2D eigenvalue weighted by Gasteiger charge is -2.11. The summed E-state index contributed by atoms with van der Waals surface area (Å²) in [6.45, 7) is 1.90. The van der Waals surface area contributed by atoms with Gasteiger partial charge in [0, 0.05) is 28.9 Å². The molecule has 0 saturated carbocycles. The van der Waals surface area contributed by atoms with Crippen LogP contribution in [0.5, 0.6) is 0 Å². The summed E-state index contributed by atoms with van der Waals surface area (Å²) in [4.78, 5) is 11.4. The van der Waals surface area contributed by atoms with E-state index in [1.165, 1.54) is 6.33 Å². The summed E-state index contributed by atoms with van der Waals surface area (Å²) in [5.74, 6) is 1.13. The van der Waals surface area contributed by atoms with Gasteiger partial charge in [-0.25, -0.2) is 9.97 Å². The Labute approximate surface area is 84.8 Å². The molecule has 0 aliphatic rings. The van der Waals surface area contributed by atoms with Gasteiger partial charge in [-0.2, -0.15) is 4.98 Å². The number of nitrogens with one attached hydrogen (secondary N) is 1. The number of hydrogen-bond acceptors (Lipinski definition) is 6. The highest BCUT2D eigenvalue weighted by atomic mass is 32.2. The Hall–Kier alpha value is -1.24. The third-order valence-electron chi connectivity index (χ3n) is 1.45. The quantitative estimate of drug-likeness (QED) is 0.712. The molecule has 1 heterocycles. The Bertz CT molecular complexity index is 332. The molecule has 7 heteroatoms. The van der Waals surface area contributed by atoms with Gasteiger partial charge < -0.3 is 11.1 Å². The molecule has 0 amide bonds. The molecule has 0 fully saturated rings. The van der Waals surface area contributed by atoms with Crippen LogP contribution in [0.4, 0.5) is 11.9 Å². The van der Waals surface area contributed by atoms with E-state index in [0.717, 1.165) is 0 Å². The predicted molar refractivity (Wildman–Crippen MR) is 56.3 cm³/mol. The number of aromatic nitrogens is 3. The zero-order chi connectivity index (χ0) is 10.6. The predicted octanol–water partition coefficient (Wildman–Crippen LogP) is -0.367. The van der Waals surface area contributed by atoms with E-state index >= 15 is 0 Å². The summed E-state index contributed by atoms with van der Waals surface area (Å²) < 4.78 is 10.9. The van der Waals surface area contributed by atoms with E-state index in [9.17, 15) is 4.21 Å². The normalized spacial score (nSPS) is 14.7. The Morgan fingerprint density at radius 2 is 2.36 bits per heavy atom. The van der Waals surface area contributed by atoms with Gasteiger partial charge in [-0.3, -0.25) is 4.21 Å². The number of rotatable bonds is 4. The summed E-state index contributed by atoms with van der Waals surface area (Å²) in [6.07, 6.45) is 2.99. The van der Waals surface area contributed by atoms with Gasteiger partial charge in [0.1, 0.15) is 6.33 Å². The number of nitrogen functional groups attached to an aromatic ring is 1. The van der Waals surface area contributed by atoms with Gasteiger partial charge in [0.25, 0.3) is 0 Å². The summed E-state index contributed by atoms with van der Waals surface area (Å²) in [5, 5.41) is 2.98. The highest BCUT2D eigenvalue weighted by Crippen LogP contribution is 2.00. The first kappa shape index (κ1) is 10.8. The van der Waals surface area contributed by atoms with Crippen LogP contribution in [0.3, 0.4) is 0 Å². The maximum atomic E-state index is 10.9. The monoisotopic (exact) mass is 215 g/mol. The van der Waals surface area contributed by atoms with Gasteiger partial charge in [-0.05, 0) is 6.92 Å². The molecule has 14 heavy (non-hydrogen) atoms. The molecule has 0 spiro atoms. The maximum absolute atomic E-state index is 10.9. The molecule has 1 aromatic heterocycles. The van der Waals surface area contributed by atoms with Crippen molar-refractivity contribution < 1.29 is 4.21 Å². The zero-order valence-corrected chi connectivity index (χ0v) is 8.91.